The molecule has 9 nitrogen and oxygen atoms in total. The maximum absolute atomic E-state index is 12.6. The van der Waals surface area contributed by atoms with Gasteiger partial charge in [0, 0.05) is 31.9 Å². The molecule has 0 atom stereocenters. The van der Waals surface area contributed by atoms with Gasteiger partial charge in [0.05, 0.1) is 24.7 Å². The van der Waals surface area contributed by atoms with Gasteiger partial charge in [-0.2, -0.15) is 4.31 Å². The topological polar surface area (TPSA) is 108 Å². The number of carbonyl (C=O) groups excluding carboxylic acids is 2. The molecular weight excluding hydrogens is 348 g/mol. The summed E-state index contributed by atoms with van der Waals surface area (Å²) in [4.78, 5) is 24.8. The highest BCUT2D eigenvalue weighted by molar-refractivity contribution is 7.89. The third-order valence-corrected chi connectivity index (χ3v) is 5.94. The Morgan fingerprint density at radius 2 is 2.00 bits per heavy atom. The van der Waals surface area contributed by atoms with Crippen molar-refractivity contribution in [2.45, 2.75) is 4.90 Å². The van der Waals surface area contributed by atoms with Crippen LogP contribution in [-0.4, -0.2) is 75.5 Å². The van der Waals surface area contributed by atoms with Gasteiger partial charge in [0.2, 0.25) is 15.9 Å². The molecule has 1 aromatic carbocycles. The number of morpholine rings is 1. The highest BCUT2D eigenvalue weighted by Gasteiger charge is 2.27. The highest BCUT2D eigenvalue weighted by atomic mass is 32.2. The van der Waals surface area contributed by atoms with E-state index >= 15 is 0 Å². The van der Waals surface area contributed by atoms with Gasteiger partial charge in [0.15, 0.2) is 0 Å². The molecule has 0 spiro atoms. The zero-order chi connectivity index (χ0) is 17.9. The summed E-state index contributed by atoms with van der Waals surface area (Å²) in [6, 6.07) is 5.89. The van der Waals surface area contributed by atoms with Crippen LogP contribution in [0.3, 0.4) is 0 Å². The minimum atomic E-state index is -3.59. The molecule has 10 heteroatoms. The van der Waals surface area contributed by atoms with E-state index in [2.05, 4.69) is 10.6 Å². The molecule has 3 amide bonds. The quantitative estimate of drug-likeness (QED) is 0.737. The number of rotatable bonds is 5. The molecule has 25 heavy (non-hydrogen) atoms. The molecule has 0 unspecified atom stereocenters. The molecule has 2 saturated heterocycles. The smallest absolute Gasteiger partial charge is 0.324 e. The maximum Gasteiger partial charge on any atom is 0.324 e. The number of hydrogen-bond acceptors (Lipinski definition) is 6. The lowest BCUT2D eigenvalue weighted by Gasteiger charge is -2.26. The first-order chi connectivity index (χ1) is 12.0. The molecule has 0 aromatic heterocycles. The van der Waals surface area contributed by atoms with Crippen LogP contribution in [0.1, 0.15) is 0 Å². The summed E-state index contributed by atoms with van der Waals surface area (Å²) in [6.45, 7) is 2.09. The molecule has 2 N–H and O–H groups in total. The van der Waals surface area contributed by atoms with Gasteiger partial charge in [-0.05, 0) is 18.2 Å². The molecule has 0 bridgehead atoms. The number of nitrogens with zero attached hydrogens (tertiary/aromatic N) is 2. The average Bonchev–Trinajstić information content (AvgIpc) is 3.07. The largest absolute Gasteiger partial charge is 0.379 e. The van der Waals surface area contributed by atoms with E-state index in [1.807, 2.05) is 0 Å². The number of benzene rings is 1. The van der Waals surface area contributed by atoms with Gasteiger partial charge in [-0.25, -0.2) is 13.2 Å². The number of urea groups is 1. The van der Waals surface area contributed by atoms with Crippen molar-refractivity contribution in [3.8, 4) is 0 Å². The van der Waals surface area contributed by atoms with E-state index in [1.54, 1.807) is 12.1 Å². The summed E-state index contributed by atoms with van der Waals surface area (Å²) in [5, 5.41) is 5.44. The second-order valence-corrected chi connectivity index (χ2v) is 7.61. The Morgan fingerprint density at radius 3 is 2.68 bits per heavy atom. The van der Waals surface area contributed by atoms with Crippen molar-refractivity contribution in [1.82, 2.24) is 14.5 Å². The zero-order valence-corrected chi connectivity index (χ0v) is 14.4. The summed E-state index contributed by atoms with van der Waals surface area (Å²) >= 11 is 0. The van der Waals surface area contributed by atoms with Crippen LogP contribution in [0.2, 0.25) is 0 Å². The predicted octanol–water partition coefficient (Wildman–Crippen LogP) is -0.329. The Bertz CT molecular complexity index is 761. The van der Waals surface area contributed by atoms with Gasteiger partial charge >= 0.3 is 6.03 Å². The number of imide groups is 1. The molecule has 0 radical (unpaired) electrons. The Morgan fingerprint density at radius 1 is 1.24 bits per heavy atom. The van der Waals surface area contributed by atoms with Gasteiger partial charge in [0.1, 0.15) is 0 Å². The van der Waals surface area contributed by atoms with Crippen LogP contribution in [0.5, 0.6) is 0 Å². The van der Waals surface area contributed by atoms with Gasteiger partial charge in [-0.1, -0.05) is 6.07 Å². The van der Waals surface area contributed by atoms with Crippen molar-refractivity contribution in [3.63, 3.8) is 0 Å². The van der Waals surface area contributed by atoms with Crippen molar-refractivity contribution in [1.29, 1.82) is 0 Å². The van der Waals surface area contributed by atoms with E-state index in [4.69, 9.17) is 4.74 Å². The van der Waals surface area contributed by atoms with E-state index in [0.29, 0.717) is 45.1 Å². The molecule has 2 aliphatic heterocycles. The van der Waals surface area contributed by atoms with Crippen molar-refractivity contribution < 1.29 is 22.7 Å². The first-order valence-corrected chi connectivity index (χ1v) is 9.42. The van der Waals surface area contributed by atoms with Crippen molar-refractivity contribution in [2.75, 3.05) is 51.3 Å². The van der Waals surface area contributed by atoms with Crippen molar-refractivity contribution >= 4 is 27.6 Å². The number of carbonyl (C=O) groups is 2. The summed E-state index contributed by atoms with van der Waals surface area (Å²) in [7, 11) is -3.59. The van der Waals surface area contributed by atoms with Crippen LogP contribution in [0.4, 0.5) is 10.5 Å². The minimum Gasteiger partial charge on any atom is -0.379 e. The van der Waals surface area contributed by atoms with Crippen molar-refractivity contribution in [2.24, 2.45) is 0 Å². The van der Waals surface area contributed by atoms with Crippen LogP contribution >= 0.6 is 0 Å². The molecule has 2 aliphatic rings. The van der Waals surface area contributed by atoms with Crippen molar-refractivity contribution in [3.05, 3.63) is 24.3 Å². The SMILES string of the molecule is O=C(CNc1cccc(S(=O)(=O)N2CCOCC2)c1)N1CCNC1=O. The average molecular weight is 368 g/mol. The minimum absolute atomic E-state index is 0.0888. The molecule has 2 fully saturated rings. The van der Waals surface area contributed by atoms with E-state index in [0.717, 1.165) is 4.90 Å². The van der Waals surface area contributed by atoms with Crippen LogP contribution < -0.4 is 10.6 Å². The van der Waals surface area contributed by atoms with Crippen LogP contribution in [0, 0.1) is 0 Å². The number of sulfonamides is 1. The normalized spacial score (nSPS) is 18.9. The Labute approximate surface area is 146 Å². The van der Waals surface area contributed by atoms with Gasteiger partial charge in [-0.3, -0.25) is 9.69 Å². The number of anilines is 1. The van der Waals surface area contributed by atoms with Gasteiger partial charge in [0.25, 0.3) is 0 Å². The summed E-state index contributed by atoms with van der Waals surface area (Å²) in [5.74, 6) is -0.364. The molecule has 0 aliphatic carbocycles. The summed E-state index contributed by atoms with van der Waals surface area (Å²) in [5.41, 5.74) is 0.502. The van der Waals surface area contributed by atoms with Gasteiger partial charge < -0.3 is 15.4 Å². The fraction of sp³-hybridized carbons (Fsp3) is 0.467. The lowest BCUT2D eigenvalue weighted by Crippen LogP contribution is -2.40. The van der Waals surface area contributed by atoms with E-state index in [-0.39, 0.29) is 17.3 Å². The first-order valence-electron chi connectivity index (χ1n) is 7.98. The third kappa shape index (κ3) is 3.91. The Hall–Kier alpha value is -2.17. The number of nitrogens with one attached hydrogen (secondary N) is 2. The lowest BCUT2D eigenvalue weighted by atomic mass is 10.3. The Balaban J connectivity index is 1.67. The number of amides is 3. The Kier molecular flexibility index (Phi) is 5.21. The molecule has 0 saturated carbocycles. The summed E-state index contributed by atoms with van der Waals surface area (Å²) in [6.07, 6.45) is 0. The van der Waals surface area contributed by atoms with Gasteiger partial charge in [-0.15, -0.1) is 0 Å². The van der Waals surface area contributed by atoms with Crippen LogP contribution in [-0.2, 0) is 19.6 Å². The van der Waals surface area contributed by atoms with E-state index in [1.165, 1.54) is 16.4 Å². The lowest BCUT2D eigenvalue weighted by molar-refractivity contribution is -0.125. The van der Waals surface area contributed by atoms with Crippen LogP contribution in [0.25, 0.3) is 0 Å². The third-order valence-electron chi connectivity index (χ3n) is 4.04. The molecule has 1 aromatic rings. The standard InChI is InChI=1S/C15H20N4O5S/c20-14(19-5-4-16-15(19)21)11-17-12-2-1-3-13(10-12)25(22,23)18-6-8-24-9-7-18/h1-3,10,17H,4-9,11H2,(H,16,21). The number of hydrogen-bond donors (Lipinski definition) is 2. The highest BCUT2D eigenvalue weighted by Crippen LogP contribution is 2.20. The van der Waals surface area contributed by atoms with Crippen LogP contribution in [0.15, 0.2) is 29.2 Å². The maximum atomic E-state index is 12.6. The van der Waals surface area contributed by atoms with E-state index < -0.39 is 16.1 Å². The predicted molar refractivity (Wildman–Crippen MR) is 89.6 cm³/mol. The summed E-state index contributed by atoms with van der Waals surface area (Å²) < 4.78 is 31.9. The molecule has 136 valence electrons. The number of ether oxygens (including phenoxy) is 1. The first kappa shape index (κ1) is 17.6. The molecule has 3 rings (SSSR count). The zero-order valence-electron chi connectivity index (χ0n) is 13.6. The van der Waals surface area contributed by atoms with E-state index in [9.17, 15) is 18.0 Å². The fourth-order valence-electron chi connectivity index (χ4n) is 2.69. The molecule has 2 heterocycles. The second kappa shape index (κ2) is 7.38. The fourth-order valence-corrected chi connectivity index (χ4v) is 4.14. The monoisotopic (exact) mass is 368 g/mol. The second-order valence-electron chi connectivity index (χ2n) is 5.68. The molecular formula is C15H20N4O5S.